The van der Waals surface area contributed by atoms with Crippen molar-refractivity contribution in [1.29, 1.82) is 0 Å². The average Bonchev–Trinajstić information content (AvgIpc) is 2.66. The summed E-state index contributed by atoms with van der Waals surface area (Å²) in [4.78, 5) is 14.5. The van der Waals surface area contributed by atoms with Gasteiger partial charge in [-0.25, -0.2) is 0 Å². The van der Waals surface area contributed by atoms with Crippen molar-refractivity contribution in [3.8, 4) is 5.75 Å². The summed E-state index contributed by atoms with van der Waals surface area (Å²) in [5.41, 5.74) is 0.961. The number of unbranched alkanes of at least 4 members (excludes halogenated alkanes) is 6. The van der Waals surface area contributed by atoms with E-state index >= 15 is 0 Å². The Kier molecular flexibility index (Phi) is 11.2. The largest absolute Gasteiger partial charge is 0.382 e. The molecular weight excluding hydrogens is 374 g/mol. The van der Waals surface area contributed by atoms with Gasteiger partial charge in [0.05, 0.1) is 5.75 Å². The van der Waals surface area contributed by atoms with Gasteiger partial charge in [-0.3, -0.25) is 4.79 Å². The topological polar surface area (TPSA) is 63.7 Å². The van der Waals surface area contributed by atoms with E-state index in [9.17, 15) is 13.2 Å². The van der Waals surface area contributed by atoms with Crippen molar-refractivity contribution in [2.24, 2.45) is 0 Å². The van der Waals surface area contributed by atoms with E-state index in [-0.39, 0.29) is 17.7 Å². The molecule has 0 heterocycles. The summed E-state index contributed by atoms with van der Waals surface area (Å²) in [6, 6.07) is 7.03. The second-order valence-corrected chi connectivity index (χ2v) is 9.42. The fourth-order valence-corrected chi connectivity index (χ4v) is 3.51. The van der Waals surface area contributed by atoms with E-state index in [4.69, 9.17) is 4.18 Å². The van der Waals surface area contributed by atoms with Crippen LogP contribution in [0.15, 0.2) is 24.3 Å². The lowest BCUT2D eigenvalue weighted by Gasteiger charge is -2.27. The van der Waals surface area contributed by atoms with Crippen LogP contribution in [0.5, 0.6) is 5.75 Å². The molecule has 1 aromatic rings. The lowest BCUT2D eigenvalue weighted by Crippen LogP contribution is -2.36. The molecule has 0 aliphatic rings. The van der Waals surface area contributed by atoms with E-state index < -0.39 is 10.1 Å². The molecule has 6 heteroatoms. The Morgan fingerprint density at radius 3 is 2.07 bits per heavy atom. The Morgan fingerprint density at radius 2 is 1.54 bits per heavy atom. The van der Waals surface area contributed by atoms with Gasteiger partial charge in [0.15, 0.2) is 0 Å². The van der Waals surface area contributed by atoms with Crippen LogP contribution in [0.1, 0.15) is 84.6 Å². The van der Waals surface area contributed by atoms with Crippen LogP contribution in [-0.2, 0) is 21.5 Å². The third kappa shape index (κ3) is 9.58. The van der Waals surface area contributed by atoms with E-state index in [0.29, 0.717) is 18.7 Å². The minimum Gasteiger partial charge on any atom is -0.382 e. The van der Waals surface area contributed by atoms with Gasteiger partial charge in [0.25, 0.3) is 0 Å². The maximum atomic E-state index is 12.6. The van der Waals surface area contributed by atoms with E-state index in [1.807, 2.05) is 30.9 Å². The van der Waals surface area contributed by atoms with Crippen LogP contribution < -0.4 is 4.18 Å². The molecule has 5 nitrogen and oxygen atoms in total. The highest BCUT2D eigenvalue weighted by Crippen LogP contribution is 2.18. The average molecular weight is 412 g/mol. The molecule has 0 aliphatic carbocycles. The molecule has 1 rings (SSSR count). The summed E-state index contributed by atoms with van der Waals surface area (Å²) in [5, 5.41) is 0. The number of hydrogen-bond acceptors (Lipinski definition) is 4. The van der Waals surface area contributed by atoms with Crippen LogP contribution in [-0.4, -0.2) is 31.0 Å². The Hall–Kier alpha value is -1.56. The van der Waals surface area contributed by atoms with E-state index in [2.05, 4.69) is 6.92 Å². The van der Waals surface area contributed by atoms with Crippen LogP contribution >= 0.6 is 0 Å². The van der Waals surface area contributed by atoms with Gasteiger partial charge >= 0.3 is 10.1 Å². The van der Waals surface area contributed by atoms with Crippen molar-refractivity contribution in [3.05, 3.63) is 29.8 Å². The molecule has 0 radical (unpaired) electrons. The highest BCUT2D eigenvalue weighted by Gasteiger charge is 2.17. The maximum absolute atomic E-state index is 12.6. The summed E-state index contributed by atoms with van der Waals surface area (Å²) >= 11 is 0. The van der Waals surface area contributed by atoms with Gasteiger partial charge in [0.2, 0.25) is 5.91 Å². The summed E-state index contributed by atoms with van der Waals surface area (Å²) in [7, 11) is -3.52. The first-order chi connectivity index (χ1) is 13.3. The number of carbonyl (C=O) groups excluding carboxylic acids is 1. The lowest BCUT2D eigenvalue weighted by atomic mass is 10.1. The molecule has 28 heavy (non-hydrogen) atoms. The second kappa shape index (κ2) is 12.8. The van der Waals surface area contributed by atoms with Gasteiger partial charge in [0, 0.05) is 19.0 Å². The van der Waals surface area contributed by atoms with Crippen molar-refractivity contribution in [1.82, 2.24) is 4.90 Å². The van der Waals surface area contributed by atoms with Crippen LogP contribution in [0.3, 0.4) is 0 Å². The van der Waals surface area contributed by atoms with Crippen molar-refractivity contribution >= 4 is 16.0 Å². The minimum atomic E-state index is -3.52. The van der Waals surface area contributed by atoms with Gasteiger partial charge in [-0.05, 0) is 44.9 Å². The molecular formula is C22H37NO4S. The summed E-state index contributed by atoms with van der Waals surface area (Å²) in [6.07, 6.45) is 8.95. The molecule has 1 aromatic carbocycles. The van der Waals surface area contributed by atoms with Crippen molar-refractivity contribution in [2.45, 2.75) is 91.6 Å². The molecule has 0 saturated carbocycles. The zero-order valence-corrected chi connectivity index (χ0v) is 18.8. The van der Waals surface area contributed by atoms with Crippen LogP contribution in [0.2, 0.25) is 0 Å². The third-order valence-electron chi connectivity index (χ3n) is 4.79. The standard InChI is InChI=1S/C22H37NO4S/c1-5-7-8-9-10-11-12-13-22(24)23(19(3)4)18-20-14-16-21(17-15-20)27-28(25,26)6-2/h14-17,19H,5-13,18H2,1-4H3. The molecule has 0 saturated heterocycles. The van der Waals surface area contributed by atoms with Gasteiger partial charge in [-0.15, -0.1) is 0 Å². The summed E-state index contributed by atoms with van der Waals surface area (Å²) in [6.45, 7) is 8.32. The van der Waals surface area contributed by atoms with Gasteiger partial charge < -0.3 is 9.08 Å². The number of benzene rings is 1. The maximum Gasteiger partial charge on any atom is 0.308 e. The molecule has 160 valence electrons. The summed E-state index contributed by atoms with van der Waals surface area (Å²) in [5.74, 6) is 0.414. The van der Waals surface area contributed by atoms with Gasteiger partial charge in [0.1, 0.15) is 5.75 Å². The van der Waals surface area contributed by atoms with Crippen LogP contribution in [0.25, 0.3) is 0 Å². The SMILES string of the molecule is CCCCCCCCCC(=O)N(Cc1ccc(OS(=O)(=O)CC)cc1)C(C)C. The Balaban J connectivity index is 2.52. The highest BCUT2D eigenvalue weighted by molar-refractivity contribution is 7.87. The zero-order valence-electron chi connectivity index (χ0n) is 17.9. The molecule has 0 fully saturated rings. The first-order valence-electron chi connectivity index (χ1n) is 10.6. The number of nitrogens with zero attached hydrogens (tertiary/aromatic N) is 1. The van der Waals surface area contributed by atoms with Gasteiger partial charge in [-0.2, -0.15) is 8.42 Å². The molecule has 0 aromatic heterocycles. The molecule has 0 aliphatic heterocycles. The fraction of sp³-hybridized carbons (Fsp3) is 0.682. The second-order valence-electron chi connectivity index (χ2n) is 7.56. The quantitative estimate of drug-likeness (QED) is 0.308. The van der Waals surface area contributed by atoms with Gasteiger partial charge in [-0.1, -0.05) is 57.6 Å². The van der Waals surface area contributed by atoms with Crippen molar-refractivity contribution in [2.75, 3.05) is 5.75 Å². The van der Waals surface area contributed by atoms with Crippen LogP contribution in [0, 0.1) is 0 Å². The van der Waals surface area contributed by atoms with E-state index in [0.717, 1.165) is 18.4 Å². The first-order valence-corrected chi connectivity index (χ1v) is 12.2. The zero-order chi connectivity index (χ0) is 21.0. The number of hydrogen-bond donors (Lipinski definition) is 0. The minimum absolute atomic E-state index is 0.0665. The predicted octanol–water partition coefficient (Wildman–Crippen LogP) is 5.29. The van der Waals surface area contributed by atoms with E-state index in [1.54, 1.807) is 19.1 Å². The molecule has 0 N–H and O–H groups in total. The first kappa shape index (κ1) is 24.5. The molecule has 0 unspecified atom stereocenters. The molecule has 1 amide bonds. The smallest absolute Gasteiger partial charge is 0.308 e. The molecule has 0 atom stereocenters. The third-order valence-corrected chi connectivity index (χ3v) is 5.94. The monoisotopic (exact) mass is 411 g/mol. The number of carbonyl (C=O) groups is 1. The number of amides is 1. The van der Waals surface area contributed by atoms with E-state index in [1.165, 1.54) is 32.1 Å². The lowest BCUT2D eigenvalue weighted by molar-refractivity contribution is -0.133. The highest BCUT2D eigenvalue weighted by atomic mass is 32.2. The molecule has 0 bridgehead atoms. The summed E-state index contributed by atoms with van der Waals surface area (Å²) < 4.78 is 28.1. The molecule has 0 spiro atoms. The Labute approximate surface area is 171 Å². The van der Waals surface area contributed by atoms with Crippen LogP contribution in [0.4, 0.5) is 0 Å². The normalized spacial score (nSPS) is 11.6. The predicted molar refractivity (Wildman–Crippen MR) is 115 cm³/mol. The van der Waals surface area contributed by atoms with Crippen molar-refractivity contribution in [3.63, 3.8) is 0 Å². The van der Waals surface area contributed by atoms with Crippen molar-refractivity contribution < 1.29 is 17.4 Å². The number of rotatable bonds is 14. The Bertz CT molecular complexity index is 668. The fourth-order valence-electron chi connectivity index (χ4n) is 2.99. The Morgan fingerprint density at radius 1 is 0.964 bits per heavy atom.